The Balaban J connectivity index is 1.62. The van der Waals surface area contributed by atoms with Crippen molar-refractivity contribution in [1.82, 2.24) is 10.3 Å². The summed E-state index contributed by atoms with van der Waals surface area (Å²) in [6, 6.07) is 3.70. The molecule has 6 nitrogen and oxygen atoms in total. The highest BCUT2D eigenvalue weighted by Gasteiger charge is 2.35. The fourth-order valence-electron chi connectivity index (χ4n) is 2.93. The van der Waals surface area contributed by atoms with Crippen LogP contribution in [0.15, 0.2) is 18.2 Å². The summed E-state index contributed by atoms with van der Waals surface area (Å²) >= 11 is 1.17. The molecule has 2 atom stereocenters. The molecule has 0 saturated carbocycles. The number of anilines is 1. The topological polar surface area (TPSA) is 67.0 Å². The van der Waals surface area contributed by atoms with Crippen molar-refractivity contribution >= 4 is 32.6 Å². The van der Waals surface area contributed by atoms with E-state index >= 15 is 0 Å². The van der Waals surface area contributed by atoms with Crippen LogP contribution in [0.3, 0.4) is 0 Å². The van der Waals surface area contributed by atoms with Gasteiger partial charge in [-0.1, -0.05) is 11.3 Å². The normalized spacial score (nSPS) is 22.6. The van der Waals surface area contributed by atoms with Crippen molar-refractivity contribution in [2.75, 3.05) is 24.6 Å². The number of alkyl halides is 3. The number of halogens is 3. The quantitative estimate of drug-likeness (QED) is 0.799. The number of benzene rings is 1. The van der Waals surface area contributed by atoms with E-state index in [1.165, 1.54) is 29.5 Å². The van der Waals surface area contributed by atoms with Crippen molar-refractivity contribution < 1.29 is 27.4 Å². The minimum atomic E-state index is -4.75. The molecule has 140 valence electrons. The summed E-state index contributed by atoms with van der Waals surface area (Å²) in [6.45, 7) is 1.78. The molecule has 0 spiro atoms. The fraction of sp³-hybridized carbons (Fsp3) is 0.500. The van der Waals surface area contributed by atoms with Crippen molar-refractivity contribution in [2.24, 2.45) is 0 Å². The first kappa shape index (κ1) is 17.5. The molecule has 3 heterocycles. The Morgan fingerprint density at radius 1 is 1.46 bits per heavy atom. The Kier molecular flexibility index (Phi) is 4.49. The van der Waals surface area contributed by atoms with Crippen molar-refractivity contribution in [3.63, 3.8) is 0 Å². The maximum Gasteiger partial charge on any atom is 0.573 e. The third-order valence-corrected chi connectivity index (χ3v) is 5.27. The highest BCUT2D eigenvalue weighted by atomic mass is 32.1. The average molecular weight is 387 g/mol. The van der Waals surface area contributed by atoms with Crippen LogP contribution in [0.2, 0.25) is 0 Å². The van der Waals surface area contributed by atoms with Gasteiger partial charge >= 0.3 is 6.36 Å². The van der Waals surface area contributed by atoms with Crippen molar-refractivity contribution in [3.05, 3.63) is 18.2 Å². The van der Waals surface area contributed by atoms with Crippen LogP contribution in [0.5, 0.6) is 5.75 Å². The Hall–Kier alpha value is -1.91. The van der Waals surface area contributed by atoms with Crippen LogP contribution in [0.25, 0.3) is 10.2 Å². The van der Waals surface area contributed by atoms with Gasteiger partial charge in [-0.05, 0) is 31.5 Å². The number of aromatic nitrogens is 1. The second-order valence-electron chi connectivity index (χ2n) is 6.23. The van der Waals surface area contributed by atoms with E-state index in [0.717, 1.165) is 19.4 Å². The highest BCUT2D eigenvalue weighted by molar-refractivity contribution is 7.22. The number of epoxide rings is 1. The number of rotatable bonds is 5. The second-order valence-corrected chi connectivity index (χ2v) is 7.24. The summed E-state index contributed by atoms with van der Waals surface area (Å²) in [5.74, 6) is -0.384. The zero-order valence-electron chi connectivity index (χ0n) is 13.6. The minimum absolute atomic E-state index is 0.0171. The van der Waals surface area contributed by atoms with Crippen LogP contribution in [0.1, 0.15) is 12.8 Å². The Bertz CT molecular complexity index is 816. The number of ether oxygens (including phenoxy) is 2. The van der Waals surface area contributed by atoms with E-state index in [1.54, 1.807) is 4.90 Å². The lowest BCUT2D eigenvalue weighted by Gasteiger charge is -2.22. The molecule has 26 heavy (non-hydrogen) atoms. The highest BCUT2D eigenvalue weighted by Crippen LogP contribution is 2.34. The molecule has 2 unspecified atom stereocenters. The van der Waals surface area contributed by atoms with Crippen LogP contribution in [-0.2, 0) is 9.53 Å². The van der Waals surface area contributed by atoms with E-state index in [9.17, 15) is 18.0 Å². The molecule has 1 N–H and O–H groups in total. The molecular formula is C16H16F3N3O3S. The molecule has 10 heteroatoms. The number of hydrogen-bond donors (Lipinski definition) is 1. The zero-order chi connectivity index (χ0) is 18.3. The summed E-state index contributed by atoms with van der Waals surface area (Å²) in [7, 11) is 0. The first-order chi connectivity index (χ1) is 12.4. The van der Waals surface area contributed by atoms with Crippen LogP contribution >= 0.6 is 11.3 Å². The molecule has 1 aromatic carbocycles. The molecule has 1 amide bonds. The van der Waals surface area contributed by atoms with Crippen LogP contribution < -0.4 is 15.0 Å². The molecule has 2 aromatic rings. The smallest absolute Gasteiger partial charge is 0.406 e. The first-order valence-corrected chi connectivity index (χ1v) is 9.03. The molecule has 0 radical (unpaired) electrons. The van der Waals surface area contributed by atoms with Crippen molar-refractivity contribution in [1.29, 1.82) is 0 Å². The number of nitrogens with one attached hydrogen (secondary N) is 1. The predicted molar refractivity (Wildman–Crippen MR) is 89.4 cm³/mol. The minimum Gasteiger partial charge on any atom is -0.406 e. The van der Waals surface area contributed by atoms with Gasteiger partial charge in [-0.25, -0.2) is 4.98 Å². The Morgan fingerprint density at radius 2 is 2.27 bits per heavy atom. The van der Waals surface area contributed by atoms with Gasteiger partial charge in [0.2, 0.25) is 5.91 Å². The van der Waals surface area contributed by atoms with Crippen LogP contribution in [0.4, 0.5) is 18.3 Å². The summed E-state index contributed by atoms with van der Waals surface area (Å²) < 4.78 is 46.9. The van der Waals surface area contributed by atoms with Gasteiger partial charge in [0.15, 0.2) is 5.13 Å². The molecule has 2 fully saturated rings. The molecule has 2 aliphatic heterocycles. The van der Waals surface area contributed by atoms with E-state index in [0.29, 0.717) is 28.5 Å². The standard InChI is InChI=1S/C16H16F3N3O3S/c17-16(18,19)25-9-3-4-11-13(6-9)26-15(21-11)22(7-10-8-24-10)14(23)12-2-1-5-20-12/h3-4,6,10,12,20H,1-2,5,7-8H2. The molecule has 0 aliphatic carbocycles. The van der Waals surface area contributed by atoms with E-state index < -0.39 is 6.36 Å². The Morgan fingerprint density at radius 3 is 2.92 bits per heavy atom. The number of carbonyl (C=O) groups excluding carboxylic acids is 1. The van der Waals surface area contributed by atoms with Gasteiger partial charge in [-0.3, -0.25) is 9.69 Å². The summed E-state index contributed by atoms with van der Waals surface area (Å²) in [6.07, 6.45) is -3.07. The molecule has 4 rings (SSSR count). The zero-order valence-corrected chi connectivity index (χ0v) is 14.4. The first-order valence-electron chi connectivity index (χ1n) is 8.22. The molecular weight excluding hydrogens is 371 g/mol. The number of thiazole rings is 1. The number of hydrogen-bond acceptors (Lipinski definition) is 6. The molecule has 2 saturated heterocycles. The van der Waals surface area contributed by atoms with E-state index in [1.807, 2.05) is 0 Å². The maximum absolute atomic E-state index is 12.8. The van der Waals surface area contributed by atoms with Gasteiger partial charge in [0.05, 0.1) is 35.5 Å². The monoisotopic (exact) mass is 387 g/mol. The SMILES string of the molecule is O=C(C1CCCN1)N(CC1CO1)c1nc2ccc(OC(F)(F)F)cc2s1. The predicted octanol–water partition coefficient (Wildman–Crippen LogP) is 2.68. The molecule has 1 aromatic heterocycles. The third-order valence-electron chi connectivity index (χ3n) is 4.23. The third kappa shape index (κ3) is 3.92. The summed E-state index contributed by atoms with van der Waals surface area (Å²) in [5, 5.41) is 3.63. The largest absolute Gasteiger partial charge is 0.573 e. The van der Waals surface area contributed by atoms with Gasteiger partial charge in [0.1, 0.15) is 5.75 Å². The van der Waals surface area contributed by atoms with Gasteiger partial charge in [0.25, 0.3) is 0 Å². The Labute approximate surface area is 150 Å². The molecule has 0 bridgehead atoms. The maximum atomic E-state index is 12.8. The van der Waals surface area contributed by atoms with Crippen LogP contribution in [-0.4, -0.2) is 49.1 Å². The number of carbonyl (C=O) groups is 1. The summed E-state index contributed by atoms with van der Waals surface area (Å²) in [5.41, 5.74) is 0.522. The van der Waals surface area contributed by atoms with Gasteiger partial charge in [-0.15, -0.1) is 13.2 Å². The van der Waals surface area contributed by atoms with E-state index in [4.69, 9.17) is 4.74 Å². The lowest BCUT2D eigenvalue weighted by atomic mass is 10.2. The average Bonchev–Trinajstić information content (AvgIpc) is 3.07. The summed E-state index contributed by atoms with van der Waals surface area (Å²) in [4.78, 5) is 18.8. The lowest BCUT2D eigenvalue weighted by Crippen LogP contribution is -2.45. The van der Waals surface area contributed by atoms with E-state index in [-0.39, 0.29) is 23.8 Å². The lowest BCUT2D eigenvalue weighted by molar-refractivity contribution is -0.274. The van der Waals surface area contributed by atoms with Gasteiger partial charge in [-0.2, -0.15) is 0 Å². The van der Waals surface area contributed by atoms with Gasteiger partial charge < -0.3 is 14.8 Å². The fourth-order valence-corrected chi connectivity index (χ4v) is 3.94. The van der Waals surface area contributed by atoms with E-state index in [2.05, 4.69) is 15.0 Å². The molecule has 2 aliphatic rings. The number of amides is 1. The van der Waals surface area contributed by atoms with Crippen molar-refractivity contribution in [2.45, 2.75) is 31.3 Å². The number of nitrogens with zero attached hydrogens (tertiary/aromatic N) is 2. The van der Waals surface area contributed by atoms with Crippen LogP contribution in [0, 0.1) is 0 Å². The second kappa shape index (κ2) is 6.67. The van der Waals surface area contributed by atoms with Gasteiger partial charge in [0, 0.05) is 6.07 Å². The number of fused-ring (bicyclic) bond motifs is 1. The van der Waals surface area contributed by atoms with Crippen molar-refractivity contribution in [3.8, 4) is 5.75 Å².